The number of benzene rings is 1. The number of carbonyl (C=O) groups is 1. The first-order valence-corrected chi connectivity index (χ1v) is 9.87. The van der Waals surface area contributed by atoms with Gasteiger partial charge in [0.25, 0.3) is 5.91 Å². The van der Waals surface area contributed by atoms with Crippen LogP contribution in [0, 0.1) is 5.41 Å². The molecule has 0 unspecified atom stereocenters. The van der Waals surface area contributed by atoms with Crippen LogP contribution in [0.5, 0.6) is 5.75 Å². The van der Waals surface area contributed by atoms with Crippen LogP contribution in [0.3, 0.4) is 0 Å². The average Bonchev–Trinajstić information content (AvgIpc) is 3.33. The molecule has 2 aliphatic heterocycles. The van der Waals surface area contributed by atoms with E-state index in [1.54, 1.807) is 11.3 Å². The van der Waals surface area contributed by atoms with Crippen molar-refractivity contribution in [1.29, 1.82) is 0 Å². The molecular weight excluding hydrogens is 332 g/mol. The summed E-state index contributed by atoms with van der Waals surface area (Å²) in [7, 11) is 0. The highest BCUT2D eigenvalue weighted by Crippen LogP contribution is 2.37. The molecule has 25 heavy (non-hydrogen) atoms. The van der Waals surface area contributed by atoms with Crippen LogP contribution in [-0.4, -0.2) is 37.0 Å². The summed E-state index contributed by atoms with van der Waals surface area (Å²) in [4.78, 5) is 16.0. The Bertz CT molecular complexity index is 713. The summed E-state index contributed by atoms with van der Waals surface area (Å²) < 4.78 is 5.84. The van der Waals surface area contributed by atoms with E-state index in [1.165, 1.54) is 11.3 Å². The number of amides is 1. The van der Waals surface area contributed by atoms with Gasteiger partial charge in [-0.1, -0.05) is 12.1 Å². The third-order valence-corrected chi connectivity index (χ3v) is 6.34. The number of hydrogen-bond donors (Lipinski definition) is 1. The average molecular weight is 356 g/mol. The highest BCUT2D eigenvalue weighted by Gasteiger charge is 2.38. The lowest BCUT2D eigenvalue weighted by Gasteiger charge is -2.38. The Morgan fingerprint density at radius 2 is 2.08 bits per heavy atom. The first-order valence-electron chi connectivity index (χ1n) is 8.99. The van der Waals surface area contributed by atoms with Gasteiger partial charge in [-0.2, -0.15) is 0 Å². The van der Waals surface area contributed by atoms with E-state index in [0.717, 1.165) is 50.3 Å². The number of hydrogen-bond acceptors (Lipinski definition) is 4. The standard InChI is InChI=1S/C20H24N2O2S/c23-19(22-10-7-20(8-11-22)6-9-21-15-20)16-3-1-4-17(13-16)24-14-18-5-2-12-25-18/h1-5,12-13,21H,6-11,14-15H2. The lowest BCUT2D eigenvalue weighted by Crippen LogP contribution is -2.44. The van der Waals surface area contributed by atoms with Gasteiger partial charge in [-0.3, -0.25) is 4.79 Å². The largest absolute Gasteiger partial charge is 0.488 e. The van der Waals surface area contributed by atoms with Gasteiger partial charge in [-0.05, 0) is 60.9 Å². The molecule has 0 atom stereocenters. The maximum absolute atomic E-state index is 12.8. The van der Waals surface area contributed by atoms with Crippen molar-refractivity contribution >= 4 is 17.2 Å². The van der Waals surface area contributed by atoms with E-state index in [2.05, 4.69) is 11.4 Å². The van der Waals surface area contributed by atoms with Crippen molar-refractivity contribution < 1.29 is 9.53 Å². The molecule has 1 spiro atoms. The Hall–Kier alpha value is -1.85. The summed E-state index contributed by atoms with van der Waals surface area (Å²) >= 11 is 1.68. The van der Waals surface area contributed by atoms with Gasteiger partial charge in [-0.25, -0.2) is 0 Å². The fraction of sp³-hybridized carbons (Fsp3) is 0.450. The van der Waals surface area contributed by atoms with Crippen LogP contribution >= 0.6 is 11.3 Å². The van der Waals surface area contributed by atoms with Crippen LogP contribution in [0.4, 0.5) is 0 Å². The number of ether oxygens (including phenoxy) is 1. The lowest BCUT2D eigenvalue weighted by molar-refractivity contribution is 0.0607. The third-order valence-electron chi connectivity index (χ3n) is 5.49. The van der Waals surface area contributed by atoms with Gasteiger partial charge in [0.05, 0.1) is 0 Å². The molecule has 2 aromatic rings. The van der Waals surface area contributed by atoms with Gasteiger partial charge in [0.2, 0.25) is 0 Å². The minimum atomic E-state index is 0.127. The number of rotatable bonds is 4. The van der Waals surface area contributed by atoms with Gasteiger partial charge in [0, 0.05) is 30.1 Å². The molecular formula is C20H24N2O2S. The number of thiophene rings is 1. The molecule has 4 nitrogen and oxygen atoms in total. The van der Waals surface area contributed by atoms with Crippen molar-refractivity contribution in [3.63, 3.8) is 0 Å². The van der Waals surface area contributed by atoms with Crippen LogP contribution in [0.2, 0.25) is 0 Å². The van der Waals surface area contributed by atoms with Crippen LogP contribution in [0.1, 0.15) is 34.5 Å². The van der Waals surface area contributed by atoms with E-state index in [9.17, 15) is 4.79 Å². The molecule has 1 N–H and O–H groups in total. The highest BCUT2D eigenvalue weighted by molar-refractivity contribution is 7.09. The first kappa shape index (κ1) is 16.6. The van der Waals surface area contributed by atoms with E-state index in [1.807, 2.05) is 40.6 Å². The molecule has 0 bridgehead atoms. The quantitative estimate of drug-likeness (QED) is 0.911. The Morgan fingerprint density at radius 1 is 1.20 bits per heavy atom. The van der Waals surface area contributed by atoms with Crippen molar-refractivity contribution in [3.8, 4) is 5.75 Å². The van der Waals surface area contributed by atoms with Crippen molar-refractivity contribution in [2.75, 3.05) is 26.2 Å². The zero-order chi connectivity index (χ0) is 17.1. The van der Waals surface area contributed by atoms with E-state index < -0.39 is 0 Å². The van der Waals surface area contributed by atoms with E-state index in [4.69, 9.17) is 4.74 Å². The summed E-state index contributed by atoms with van der Waals surface area (Å²) in [5, 5.41) is 5.52. The second-order valence-corrected chi connectivity index (χ2v) is 8.15. The van der Waals surface area contributed by atoms with E-state index in [0.29, 0.717) is 12.0 Å². The van der Waals surface area contributed by atoms with Crippen LogP contribution in [0.15, 0.2) is 41.8 Å². The minimum absolute atomic E-state index is 0.127. The minimum Gasteiger partial charge on any atom is -0.488 e. The molecule has 0 aliphatic carbocycles. The van der Waals surface area contributed by atoms with E-state index in [-0.39, 0.29) is 5.91 Å². The Labute approximate surface area is 152 Å². The number of nitrogens with zero attached hydrogens (tertiary/aromatic N) is 1. The fourth-order valence-corrected chi connectivity index (χ4v) is 4.47. The Morgan fingerprint density at radius 3 is 2.80 bits per heavy atom. The summed E-state index contributed by atoms with van der Waals surface area (Å²) in [6.45, 7) is 4.51. The molecule has 0 saturated carbocycles. The lowest BCUT2D eigenvalue weighted by atomic mass is 9.78. The highest BCUT2D eigenvalue weighted by atomic mass is 32.1. The topological polar surface area (TPSA) is 41.6 Å². The van der Waals surface area contributed by atoms with Gasteiger partial charge in [-0.15, -0.1) is 11.3 Å². The Balaban J connectivity index is 1.38. The second kappa shape index (κ2) is 7.18. The predicted molar refractivity (Wildman–Crippen MR) is 100 cm³/mol. The second-order valence-electron chi connectivity index (χ2n) is 7.11. The molecule has 0 radical (unpaired) electrons. The maximum atomic E-state index is 12.8. The zero-order valence-electron chi connectivity index (χ0n) is 14.4. The maximum Gasteiger partial charge on any atom is 0.253 e. The molecule has 2 aliphatic rings. The van der Waals surface area contributed by atoms with Crippen LogP contribution in [0.25, 0.3) is 0 Å². The summed E-state index contributed by atoms with van der Waals surface area (Å²) in [6.07, 6.45) is 3.47. The Kier molecular flexibility index (Phi) is 4.77. The monoisotopic (exact) mass is 356 g/mol. The number of nitrogens with one attached hydrogen (secondary N) is 1. The van der Waals surface area contributed by atoms with Gasteiger partial charge >= 0.3 is 0 Å². The molecule has 1 amide bonds. The first-order chi connectivity index (χ1) is 12.2. The molecule has 132 valence electrons. The van der Waals surface area contributed by atoms with Crippen LogP contribution < -0.4 is 10.1 Å². The van der Waals surface area contributed by atoms with Gasteiger partial charge in [0.1, 0.15) is 12.4 Å². The zero-order valence-corrected chi connectivity index (χ0v) is 15.2. The van der Waals surface area contributed by atoms with Crippen molar-refractivity contribution in [3.05, 3.63) is 52.2 Å². The van der Waals surface area contributed by atoms with Crippen molar-refractivity contribution in [1.82, 2.24) is 10.2 Å². The van der Waals surface area contributed by atoms with Gasteiger partial charge in [0.15, 0.2) is 0 Å². The number of carbonyl (C=O) groups excluding carboxylic acids is 1. The molecule has 3 heterocycles. The normalized spacial score (nSPS) is 19.3. The molecule has 5 heteroatoms. The fourth-order valence-electron chi connectivity index (χ4n) is 3.86. The molecule has 1 aromatic carbocycles. The molecule has 1 aromatic heterocycles. The van der Waals surface area contributed by atoms with E-state index >= 15 is 0 Å². The SMILES string of the molecule is O=C(c1cccc(OCc2cccs2)c1)N1CCC2(CCNC2)CC1. The van der Waals surface area contributed by atoms with Crippen molar-refractivity contribution in [2.24, 2.45) is 5.41 Å². The van der Waals surface area contributed by atoms with Crippen molar-refractivity contribution in [2.45, 2.75) is 25.9 Å². The number of piperidine rings is 1. The molecule has 4 rings (SSSR count). The summed E-state index contributed by atoms with van der Waals surface area (Å²) in [6, 6.07) is 11.7. The number of likely N-dealkylation sites (tertiary alicyclic amines) is 1. The molecule has 2 saturated heterocycles. The smallest absolute Gasteiger partial charge is 0.253 e. The third kappa shape index (κ3) is 3.72. The summed E-state index contributed by atoms with van der Waals surface area (Å²) in [5.41, 5.74) is 1.16. The predicted octanol–water partition coefficient (Wildman–Crippen LogP) is 3.54. The summed E-state index contributed by atoms with van der Waals surface area (Å²) in [5.74, 6) is 0.884. The molecule has 2 fully saturated rings. The van der Waals surface area contributed by atoms with Gasteiger partial charge < -0.3 is 15.0 Å². The van der Waals surface area contributed by atoms with Crippen LogP contribution in [-0.2, 0) is 6.61 Å².